The molecule has 1 aliphatic rings. The normalized spacial score (nSPS) is 16.6. The Labute approximate surface area is 136 Å². The van der Waals surface area contributed by atoms with Crippen molar-refractivity contribution < 1.29 is 14.7 Å². The molecule has 1 aromatic heterocycles. The van der Waals surface area contributed by atoms with Crippen LogP contribution in [0.4, 0.5) is 5.69 Å². The predicted octanol–water partition coefficient (Wildman–Crippen LogP) is 3.10. The maximum atomic E-state index is 12.9. The number of halogens is 1. The van der Waals surface area contributed by atoms with E-state index in [9.17, 15) is 14.7 Å². The predicted molar refractivity (Wildman–Crippen MR) is 86.3 cm³/mol. The Kier molecular flexibility index (Phi) is 3.78. The SMILES string of the molecule is CCn1cc(Br)cc1C(=O)N1C[C@@H](C(=O)O)c2ccccc21. The van der Waals surface area contributed by atoms with Crippen LogP contribution in [0.15, 0.2) is 41.0 Å². The Morgan fingerprint density at radius 1 is 1.36 bits per heavy atom. The Balaban J connectivity index is 2.02. The standard InChI is InChI=1S/C16H15BrN2O3/c1-2-18-8-10(17)7-14(18)15(20)19-9-12(16(21)22)11-5-3-4-6-13(11)19/h3-8,12H,2,9H2,1H3,(H,21,22)/t12-/m1/s1. The van der Waals surface area contributed by atoms with Gasteiger partial charge >= 0.3 is 5.97 Å². The van der Waals surface area contributed by atoms with Gasteiger partial charge in [0, 0.05) is 29.4 Å². The number of para-hydroxylation sites is 1. The molecule has 1 amide bonds. The van der Waals surface area contributed by atoms with Gasteiger partial charge in [-0.05, 0) is 40.5 Å². The van der Waals surface area contributed by atoms with Crippen LogP contribution in [-0.2, 0) is 11.3 Å². The van der Waals surface area contributed by atoms with Crippen molar-refractivity contribution in [1.82, 2.24) is 4.57 Å². The van der Waals surface area contributed by atoms with E-state index in [1.165, 1.54) is 0 Å². The highest BCUT2D eigenvalue weighted by atomic mass is 79.9. The largest absolute Gasteiger partial charge is 0.481 e. The van der Waals surface area contributed by atoms with Crippen LogP contribution in [0.3, 0.4) is 0 Å². The summed E-state index contributed by atoms with van der Waals surface area (Å²) in [6.45, 7) is 2.80. The Hall–Kier alpha value is -2.08. The van der Waals surface area contributed by atoms with Gasteiger partial charge in [-0.15, -0.1) is 0 Å². The third kappa shape index (κ3) is 2.33. The molecular formula is C16H15BrN2O3. The van der Waals surface area contributed by atoms with Crippen LogP contribution in [0.2, 0.25) is 0 Å². The number of hydrogen-bond acceptors (Lipinski definition) is 2. The van der Waals surface area contributed by atoms with Gasteiger partial charge in [0.2, 0.25) is 0 Å². The molecule has 1 N–H and O–H groups in total. The molecule has 6 heteroatoms. The molecule has 0 radical (unpaired) electrons. The summed E-state index contributed by atoms with van der Waals surface area (Å²) in [5.74, 6) is -1.76. The van der Waals surface area contributed by atoms with Gasteiger partial charge in [0.25, 0.3) is 5.91 Å². The Bertz CT molecular complexity index is 754. The van der Waals surface area contributed by atoms with Crippen molar-refractivity contribution in [3.05, 3.63) is 52.3 Å². The molecule has 0 aliphatic carbocycles. The van der Waals surface area contributed by atoms with Crippen LogP contribution < -0.4 is 4.90 Å². The lowest BCUT2D eigenvalue weighted by Gasteiger charge is -2.18. The van der Waals surface area contributed by atoms with Crippen LogP contribution in [-0.4, -0.2) is 28.1 Å². The van der Waals surface area contributed by atoms with Gasteiger partial charge in [0.1, 0.15) is 11.6 Å². The van der Waals surface area contributed by atoms with Gasteiger partial charge in [0.05, 0.1) is 0 Å². The fourth-order valence-electron chi connectivity index (χ4n) is 2.86. The minimum atomic E-state index is -0.908. The van der Waals surface area contributed by atoms with E-state index >= 15 is 0 Å². The topological polar surface area (TPSA) is 62.5 Å². The first-order valence-electron chi connectivity index (χ1n) is 7.02. The lowest BCUT2D eigenvalue weighted by Crippen LogP contribution is -2.32. The number of aryl methyl sites for hydroxylation is 1. The third-order valence-electron chi connectivity index (χ3n) is 3.93. The van der Waals surface area contributed by atoms with Crippen molar-refractivity contribution in [3.8, 4) is 0 Å². The molecule has 5 nitrogen and oxygen atoms in total. The first-order valence-corrected chi connectivity index (χ1v) is 7.81. The number of fused-ring (bicyclic) bond motifs is 1. The van der Waals surface area contributed by atoms with Crippen molar-refractivity contribution in [2.75, 3.05) is 11.4 Å². The molecular weight excluding hydrogens is 348 g/mol. The van der Waals surface area contributed by atoms with E-state index in [1.807, 2.05) is 23.8 Å². The average Bonchev–Trinajstić information content (AvgIpc) is 3.07. The Morgan fingerprint density at radius 3 is 2.77 bits per heavy atom. The highest BCUT2D eigenvalue weighted by Gasteiger charge is 2.37. The number of benzene rings is 1. The molecule has 2 heterocycles. The van der Waals surface area contributed by atoms with E-state index in [1.54, 1.807) is 29.2 Å². The van der Waals surface area contributed by atoms with Crippen molar-refractivity contribution >= 4 is 33.5 Å². The number of aromatic nitrogens is 1. The number of anilines is 1. The second-order valence-electron chi connectivity index (χ2n) is 5.19. The molecule has 1 aromatic carbocycles. The van der Waals surface area contributed by atoms with Gasteiger partial charge in [0.15, 0.2) is 0 Å². The van der Waals surface area contributed by atoms with E-state index in [4.69, 9.17) is 0 Å². The van der Waals surface area contributed by atoms with Crippen LogP contribution in [0.1, 0.15) is 28.9 Å². The van der Waals surface area contributed by atoms with Gasteiger partial charge in [-0.3, -0.25) is 9.59 Å². The summed E-state index contributed by atoms with van der Waals surface area (Å²) < 4.78 is 2.68. The van der Waals surface area contributed by atoms with E-state index < -0.39 is 11.9 Å². The molecule has 0 bridgehead atoms. The molecule has 114 valence electrons. The van der Waals surface area contributed by atoms with Gasteiger partial charge < -0.3 is 14.6 Å². The van der Waals surface area contributed by atoms with Gasteiger partial charge in [-0.1, -0.05) is 18.2 Å². The maximum absolute atomic E-state index is 12.9. The fourth-order valence-corrected chi connectivity index (χ4v) is 3.33. The number of hydrogen-bond donors (Lipinski definition) is 1. The first-order chi connectivity index (χ1) is 10.5. The van der Waals surface area contributed by atoms with Crippen molar-refractivity contribution in [2.24, 2.45) is 0 Å². The number of rotatable bonds is 3. The summed E-state index contributed by atoms with van der Waals surface area (Å²) >= 11 is 3.38. The molecule has 22 heavy (non-hydrogen) atoms. The number of aliphatic carboxylic acids is 1. The fraction of sp³-hybridized carbons (Fsp3) is 0.250. The van der Waals surface area contributed by atoms with E-state index in [0.717, 1.165) is 4.47 Å². The number of carbonyl (C=O) groups excluding carboxylic acids is 1. The van der Waals surface area contributed by atoms with E-state index in [-0.39, 0.29) is 12.5 Å². The summed E-state index contributed by atoms with van der Waals surface area (Å²) in [4.78, 5) is 25.9. The second-order valence-corrected chi connectivity index (χ2v) is 6.11. The molecule has 0 saturated heterocycles. The first kappa shape index (κ1) is 14.8. The number of carbonyl (C=O) groups is 2. The Morgan fingerprint density at radius 2 is 2.09 bits per heavy atom. The van der Waals surface area contributed by atoms with Crippen LogP contribution in [0.25, 0.3) is 0 Å². The van der Waals surface area contributed by atoms with Crippen molar-refractivity contribution in [2.45, 2.75) is 19.4 Å². The number of carboxylic acids is 1. The summed E-state index contributed by atoms with van der Waals surface area (Å²) in [5, 5.41) is 9.38. The minimum Gasteiger partial charge on any atom is -0.481 e. The number of carboxylic acid groups (broad SMARTS) is 1. The number of amides is 1. The lowest BCUT2D eigenvalue weighted by molar-refractivity contribution is -0.138. The molecule has 0 fully saturated rings. The average molecular weight is 363 g/mol. The molecule has 0 saturated carbocycles. The smallest absolute Gasteiger partial charge is 0.312 e. The summed E-state index contributed by atoms with van der Waals surface area (Å²) in [6.07, 6.45) is 1.85. The zero-order valence-corrected chi connectivity index (χ0v) is 13.6. The molecule has 0 unspecified atom stereocenters. The van der Waals surface area contributed by atoms with Crippen molar-refractivity contribution in [1.29, 1.82) is 0 Å². The summed E-state index contributed by atoms with van der Waals surface area (Å²) in [5.41, 5.74) is 1.92. The van der Waals surface area contributed by atoms with Gasteiger partial charge in [-0.25, -0.2) is 0 Å². The van der Waals surface area contributed by atoms with Crippen LogP contribution >= 0.6 is 15.9 Å². The second kappa shape index (κ2) is 5.61. The molecule has 3 rings (SSSR count). The zero-order valence-electron chi connectivity index (χ0n) is 12.0. The molecule has 0 spiro atoms. The van der Waals surface area contributed by atoms with E-state index in [2.05, 4.69) is 15.9 Å². The third-order valence-corrected chi connectivity index (χ3v) is 4.37. The van der Waals surface area contributed by atoms with Crippen molar-refractivity contribution in [3.63, 3.8) is 0 Å². The molecule has 2 aromatic rings. The van der Waals surface area contributed by atoms with E-state index in [0.29, 0.717) is 23.5 Å². The molecule has 1 aliphatic heterocycles. The minimum absolute atomic E-state index is 0.167. The lowest BCUT2D eigenvalue weighted by atomic mass is 10.0. The van der Waals surface area contributed by atoms with Gasteiger partial charge in [-0.2, -0.15) is 0 Å². The van der Waals surface area contributed by atoms with Crippen LogP contribution in [0.5, 0.6) is 0 Å². The quantitative estimate of drug-likeness (QED) is 0.912. The zero-order chi connectivity index (χ0) is 15.9. The highest BCUT2D eigenvalue weighted by Crippen LogP contribution is 2.37. The van der Waals surface area contributed by atoms with Crippen LogP contribution in [0, 0.1) is 0 Å². The monoisotopic (exact) mass is 362 g/mol. The maximum Gasteiger partial charge on any atom is 0.312 e. The molecule has 1 atom stereocenters. The number of nitrogens with zero attached hydrogens (tertiary/aromatic N) is 2. The summed E-state index contributed by atoms with van der Waals surface area (Å²) in [6, 6.07) is 8.95. The highest BCUT2D eigenvalue weighted by molar-refractivity contribution is 9.10. The summed E-state index contributed by atoms with van der Waals surface area (Å²) in [7, 11) is 0.